The summed E-state index contributed by atoms with van der Waals surface area (Å²) in [5.74, 6) is 0.812. The molecule has 1 aliphatic carbocycles. The molecule has 2 aromatic carbocycles. The van der Waals surface area contributed by atoms with E-state index < -0.39 is 0 Å². The van der Waals surface area contributed by atoms with Crippen LogP contribution in [0.15, 0.2) is 48.5 Å². The lowest BCUT2D eigenvalue weighted by molar-refractivity contribution is 0.0938. The van der Waals surface area contributed by atoms with E-state index in [0.29, 0.717) is 6.04 Å². The quantitative estimate of drug-likeness (QED) is 0.856. The van der Waals surface area contributed by atoms with Gasteiger partial charge in [0, 0.05) is 24.8 Å². The van der Waals surface area contributed by atoms with Crippen molar-refractivity contribution in [1.29, 1.82) is 0 Å². The van der Waals surface area contributed by atoms with Crippen molar-refractivity contribution in [2.24, 2.45) is 5.92 Å². The van der Waals surface area contributed by atoms with Gasteiger partial charge >= 0.3 is 0 Å². The summed E-state index contributed by atoms with van der Waals surface area (Å²) in [7, 11) is 0. The Bertz CT molecular complexity index is 647. The van der Waals surface area contributed by atoms with Crippen LogP contribution < -0.4 is 5.73 Å². The Morgan fingerprint density at radius 2 is 1.64 bits per heavy atom. The van der Waals surface area contributed by atoms with Gasteiger partial charge in [0.2, 0.25) is 0 Å². The fourth-order valence-electron chi connectivity index (χ4n) is 4.15. The molecule has 114 valence electrons. The number of fused-ring (bicyclic) bond motifs is 2. The first-order valence-corrected chi connectivity index (χ1v) is 8.43. The van der Waals surface area contributed by atoms with Crippen LogP contribution in [-0.2, 0) is 19.4 Å². The Morgan fingerprint density at radius 3 is 2.41 bits per heavy atom. The molecule has 2 nitrogen and oxygen atoms in total. The maximum Gasteiger partial charge on any atom is 0.0314 e. The van der Waals surface area contributed by atoms with Crippen LogP contribution in [0, 0.1) is 5.92 Å². The molecule has 2 N–H and O–H groups in total. The number of hydrogen-bond donors (Lipinski definition) is 1. The van der Waals surface area contributed by atoms with Crippen LogP contribution in [0.4, 0.5) is 5.69 Å². The van der Waals surface area contributed by atoms with Crippen molar-refractivity contribution in [2.45, 2.75) is 38.3 Å². The number of piperidine rings is 1. The molecule has 2 aromatic rings. The summed E-state index contributed by atoms with van der Waals surface area (Å²) < 4.78 is 0. The van der Waals surface area contributed by atoms with E-state index in [0.717, 1.165) is 18.2 Å². The van der Waals surface area contributed by atoms with E-state index in [1.54, 1.807) is 11.1 Å². The Hall–Kier alpha value is -1.80. The molecule has 1 fully saturated rings. The van der Waals surface area contributed by atoms with Crippen molar-refractivity contribution >= 4 is 5.69 Å². The summed E-state index contributed by atoms with van der Waals surface area (Å²) in [6.45, 7) is 2.30. The van der Waals surface area contributed by atoms with Crippen LogP contribution in [-0.4, -0.2) is 17.5 Å². The minimum absolute atomic E-state index is 0.690. The minimum atomic E-state index is 0.690. The zero-order chi connectivity index (χ0) is 14.9. The number of hydrogen-bond acceptors (Lipinski definition) is 2. The normalized spacial score (nSPS) is 24.5. The molecule has 2 aliphatic heterocycles. The van der Waals surface area contributed by atoms with Gasteiger partial charge in [0.1, 0.15) is 0 Å². The van der Waals surface area contributed by atoms with Crippen LogP contribution >= 0.6 is 0 Å². The Labute approximate surface area is 132 Å². The molecule has 5 rings (SSSR count). The summed E-state index contributed by atoms with van der Waals surface area (Å²) in [5, 5.41) is 0. The molecule has 2 heteroatoms. The molecular formula is C20H24N2. The maximum absolute atomic E-state index is 5.81. The third kappa shape index (κ3) is 2.76. The van der Waals surface area contributed by atoms with Crippen LogP contribution in [0.2, 0.25) is 0 Å². The first kappa shape index (κ1) is 13.8. The Kier molecular flexibility index (Phi) is 3.63. The van der Waals surface area contributed by atoms with E-state index in [9.17, 15) is 0 Å². The van der Waals surface area contributed by atoms with Crippen LogP contribution in [0.1, 0.15) is 29.5 Å². The Morgan fingerprint density at radius 1 is 0.909 bits per heavy atom. The lowest BCUT2D eigenvalue weighted by Gasteiger charge is -2.42. The SMILES string of the molecule is Nc1ccc(CN2C[C@@H]3CC[C@@H]2Cc2ccccc2C3)cc1. The number of nitrogens with zero attached hydrogens (tertiary/aromatic N) is 1. The zero-order valence-electron chi connectivity index (χ0n) is 13.0. The number of benzene rings is 2. The predicted molar refractivity (Wildman–Crippen MR) is 91.6 cm³/mol. The summed E-state index contributed by atoms with van der Waals surface area (Å²) in [4.78, 5) is 2.70. The van der Waals surface area contributed by atoms with Gasteiger partial charge in [-0.05, 0) is 60.4 Å². The standard InChI is InChI=1S/C20H24N2/c21-19-8-5-15(6-9-19)13-22-14-16-7-10-20(22)12-18-4-2-1-3-17(18)11-16/h1-6,8-9,16,20H,7,10-14,21H2/t16-,20-/m1/s1. The smallest absolute Gasteiger partial charge is 0.0314 e. The number of anilines is 1. The first-order chi connectivity index (χ1) is 10.8. The minimum Gasteiger partial charge on any atom is -0.399 e. The lowest BCUT2D eigenvalue weighted by Crippen LogP contribution is -2.46. The average molecular weight is 292 g/mol. The largest absolute Gasteiger partial charge is 0.399 e. The van der Waals surface area contributed by atoms with Crippen LogP contribution in [0.3, 0.4) is 0 Å². The van der Waals surface area contributed by atoms with Gasteiger partial charge in [-0.15, -0.1) is 0 Å². The van der Waals surface area contributed by atoms with Gasteiger partial charge in [-0.25, -0.2) is 0 Å². The molecule has 0 saturated carbocycles. The van der Waals surface area contributed by atoms with Crippen LogP contribution in [0.5, 0.6) is 0 Å². The predicted octanol–water partition coefficient (Wildman–Crippen LogP) is 3.65. The second-order valence-corrected chi connectivity index (χ2v) is 6.95. The zero-order valence-corrected chi connectivity index (χ0v) is 13.0. The number of nitrogens with two attached hydrogens (primary N) is 1. The molecule has 2 heterocycles. The lowest BCUT2D eigenvalue weighted by atomic mass is 9.80. The van der Waals surface area contributed by atoms with E-state index in [-0.39, 0.29) is 0 Å². The summed E-state index contributed by atoms with van der Waals surface area (Å²) in [5.41, 5.74) is 11.2. The number of rotatable bonds is 2. The van der Waals surface area contributed by atoms with Crippen molar-refractivity contribution in [3.05, 3.63) is 65.2 Å². The third-order valence-electron chi connectivity index (χ3n) is 5.37. The van der Waals surface area contributed by atoms with E-state index in [2.05, 4.69) is 41.3 Å². The molecular weight excluding hydrogens is 268 g/mol. The fourth-order valence-corrected chi connectivity index (χ4v) is 4.15. The molecule has 2 atom stereocenters. The average Bonchev–Trinajstić information content (AvgIpc) is 2.50. The van der Waals surface area contributed by atoms with Crippen molar-refractivity contribution in [1.82, 2.24) is 4.90 Å². The van der Waals surface area contributed by atoms with Gasteiger partial charge in [0.15, 0.2) is 0 Å². The fraction of sp³-hybridized carbons (Fsp3) is 0.400. The van der Waals surface area contributed by atoms with Gasteiger partial charge < -0.3 is 5.73 Å². The molecule has 0 aromatic heterocycles. The molecule has 2 bridgehead atoms. The first-order valence-electron chi connectivity index (χ1n) is 8.43. The van der Waals surface area contributed by atoms with Gasteiger partial charge in [-0.2, -0.15) is 0 Å². The Balaban J connectivity index is 1.57. The van der Waals surface area contributed by atoms with E-state index >= 15 is 0 Å². The van der Waals surface area contributed by atoms with Crippen LogP contribution in [0.25, 0.3) is 0 Å². The molecule has 0 amide bonds. The highest BCUT2D eigenvalue weighted by molar-refractivity contribution is 5.39. The highest BCUT2D eigenvalue weighted by atomic mass is 15.2. The highest BCUT2D eigenvalue weighted by Crippen LogP contribution is 2.33. The molecule has 3 aliphatic rings. The van der Waals surface area contributed by atoms with Crippen molar-refractivity contribution < 1.29 is 0 Å². The van der Waals surface area contributed by atoms with Gasteiger partial charge in [0.25, 0.3) is 0 Å². The monoisotopic (exact) mass is 292 g/mol. The highest BCUT2D eigenvalue weighted by Gasteiger charge is 2.31. The van der Waals surface area contributed by atoms with Gasteiger partial charge in [-0.3, -0.25) is 4.90 Å². The van der Waals surface area contributed by atoms with E-state index in [4.69, 9.17) is 5.73 Å². The molecule has 1 saturated heterocycles. The topological polar surface area (TPSA) is 29.3 Å². The second-order valence-electron chi connectivity index (χ2n) is 6.95. The number of nitrogen functional groups attached to an aromatic ring is 1. The third-order valence-corrected chi connectivity index (χ3v) is 5.37. The molecule has 0 radical (unpaired) electrons. The summed E-state index contributed by atoms with van der Waals surface area (Å²) in [6.07, 6.45) is 5.18. The van der Waals surface area contributed by atoms with Gasteiger partial charge in [0.05, 0.1) is 0 Å². The van der Waals surface area contributed by atoms with E-state index in [1.807, 2.05) is 12.1 Å². The van der Waals surface area contributed by atoms with Gasteiger partial charge in [-0.1, -0.05) is 36.4 Å². The summed E-state index contributed by atoms with van der Waals surface area (Å²) >= 11 is 0. The van der Waals surface area contributed by atoms with Crippen molar-refractivity contribution in [3.63, 3.8) is 0 Å². The van der Waals surface area contributed by atoms with E-state index in [1.165, 1.54) is 37.8 Å². The summed E-state index contributed by atoms with van der Waals surface area (Å²) in [6, 6.07) is 18.1. The molecule has 0 spiro atoms. The van der Waals surface area contributed by atoms with Crippen molar-refractivity contribution in [2.75, 3.05) is 12.3 Å². The maximum atomic E-state index is 5.81. The molecule has 22 heavy (non-hydrogen) atoms. The second kappa shape index (κ2) is 5.77. The molecule has 0 unspecified atom stereocenters. The van der Waals surface area contributed by atoms with Crippen molar-refractivity contribution in [3.8, 4) is 0 Å².